The highest BCUT2D eigenvalue weighted by Crippen LogP contribution is 2.44. The number of nitro groups is 1. The number of aliphatic hydroxyl groups excluding tert-OH is 1. The molecule has 1 fully saturated rings. The molecule has 0 spiro atoms. The summed E-state index contributed by atoms with van der Waals surface area (Å²) in [5, 5.41) is 31.5. The molecule has 1 N–H and O–H groups in total. The van der Waals surface area contributed by atoms with Gasteiger partial charge in [0.1, 0.15) is 11.5 Å². The van der Waals surface area contributed by atoms with Crippen LogP contribution in [0.5, 0.6) is 5.75 Å². The van der Waals surface area contributed by atoms with Gasteiger partial charge < -0.3 is 9.84 Å². The number of carbonyl (C=O) groups is 2. The molecule has 4 aromatic rings. The van der Waals surface area contributed by atoms with Gasteiger partial charge in [-0.3, -0.25) is 24.6 Å². The fourth-order valence-corrected chi connectivity index (χ4v) is 6.25. The third-order valence-corrected chi connectivity index (χ3v) is 8.67. The number of non-ortho nitro benzene ring substituents is 1. The number of nitrogens with zero attached hydrogens (tertiary/aromatic N) is 4. The normalized spacial score (nSPS) is 16.1. The van der Waals surface area contributed by atoms with Crippen molar-refractivity contribution in [2.75, 3.05) is 11.5 Å². The monoisotopic (exact) mass is 602 g/mol. The molecule has 10 nitrogen and oxygen atoms in total. The van der Waals surface area contributed by atoms with Gasteiger partial charge in [0, 0.05) is 23.4 Å². The van der Waals surface area contributed by atoms with Crippen LogP contribution in [0.4, 0.5) is 10.8 Å². The molecule has 42 heavy (non-hydrogen) atoms. The van der Waals surface area contributed by atoms with E-state index in [1.807, 2.05) is 30.3 Å². The van der Waals surface area contributed by atoms with E-state index in [0.717, 1.165) is 34.6 Å². The Labute approximate surface area is 249 Å². The maximum Gasteiger partial charge on any atom is 0.301 e. The smallest absolute Gasteiger partial charge is 0.301 e. The zero-order valence-electron chi connectivity index (χ0n) is 22.5. The van der Waals surface area contributed by atoms with E-state index < -0.39 is 28.4 Å². The zero-order valence-corrected chi connectivity index (χ0v) is 24.1. The second-order valence-electron chi connectivity index (χ2n) is 9.37. The molecule has 2 heterocycles. The minimum Gasteiger partial charge on any atom is -0.507 e. The average Bonchev–Trinajstić information content (AvgIpc) is 3.58. The van der Waals surface area contributed by atoms with E-state index in [2.05, 4.69) is 17.1 Å². The van der Waals surface area contributed by atoms with Gasteiger partial charge in [-0.05, 0) is 41.8 Å². The van der Waals surface area contributed by atoms with Crippen molar-refractivity contribution in [3.63, 3.8) is 0 Å². The number of ketones is 1. The summed E-state index contributed by atoms with van der Waals surface area (Å²) in [5.41, 5.74) is 1.23. The number of unbranched alkanes of at least 4 members (excludes halogenated alkanes) is 1. The summed E-state index contributed by atoms with van der Waals surface area (Å²) in [4.78, 5) is 39.1. The number of aliphatic hydroxyl groups is 1. The summed E-state index contributed by atoms with van der Waals surface area (Å²) >= 11 is 2.55. The number of Topliss-reactive ketones (excluding diaryl/α,β-unsaturated/α-hetero) is 1. The Kier molecular flexibility index (Phi) is 8.94. The minimum atomic E-state index is -1.16. The van der Waals surface area contributed by atoms with Crippen molar-refractivity contribution in [2.24, 2.45) is 0 Å². The van der Waals surface area contributed by atoms with Crippen molar-refractivity contribution in [2.45, 2.75) is 35.9 Å². The van der Waals surface area contributed by atoms with Crippen LogP contribution >= 0.6 is 23.1 Å². The summed E-state index contributed by atoms with van der Waals surface area (Å²) in [6.45, 7) is 2.61. The number of nitro benzene ring substituents is 1. The number of anilines is 1. The van der Waals surface area contributed by atoms with Crippen molar-refractivity contribution < 1.29 is 24.4 Å². The SMILES string of the molecule is CCCCOc1ccc(/C(O)=C2\C(=O)C(=O)N(c3nnc(SCc4ccccc4)s3)C2c2cccc([N+](=O)[O-])c2)cc1. The van der Waals surface area contributed by atoms with Crippen LogP contribution in [0.1, 0.15) is 42.5 Å². The topological polar surface area (TPSA) is 136 Å². The average molecular weight is 603 g/mol. The summed E-state index contributed by atoms with van der Waals surface area (Å²) < 4.78 is 6.27. The number of hydrogen-bond acceptors (Lipinski definition) is 10. The van der Waals surface area contributed by atoms with Crippen molar-refractivity contribution in [3.8, 4) is 5.75 Å². The van der Waals surface area contributed by atoms with Gasteiger partial charge in [0.2, 0.25) is 5.13 Å². The maximum absolute atomic E-state index is 13.5. The molecule has 1 atom stereocenters. The highest BCUT2D eigenvalue weighted by atomic mass is 32.2. The van der Waals surface area contributed by atoms with Gasteiger partial charge in [0.05, 0.1) is 23.1 Å². The van der Waals surface area contributed by atoms with Crippen molar-refractivity contribution >= 4 is 51.4 Å². The Morgan fingerprint density at radius 1 is 1.07 bits per heavy atom. The first-order valence-electron chi connectivity index (χ1n) is 13.2. The van der Waals surface area contributed by atoms with Crippen LogP contribution in [0.3, 0.4) is 0 Å². The van der Waals surface area contributed by atoms with Gasteiger partial charge in [-0.15, -0.1) is 10.2 Å². The Hall–Kier alpha value is -4.55. The number of ether oxygens (including phenoxy) is 1. The minimum absolute atomic E-state index is 0.142. The highest BCUT2D eigenvalue weighted by molar-refractivity contribution is 8.00. The second kappa shape index (κ2) is 13.0. The van der Waals surface area contributed by atoms with E-state index >= 15 is 0 Å². The summed E-state index contributed by atoms with van der Waals surface area (Å²) in [6.07, 6.45) is 1.88. The molecule has 0 bridgehead atoms. The molecule has 5 rings (SSSR count). The predicted octanol–water partition coefficient (Wildman–Crippen LogP) is 6.54. The van der Waals surface area contributed by atoms with E-state index in [-0.39, 0.29) is 22.0 Å². The molecular weight excluding hydrogens is 576 g/mol. The number of hydrogen-bond donors (Lipinski definition) is 1. The van der Waals surface area contributed by atoms with Crippen LogP contribution in [-0.2, 0) is 15.3 Å². The fraction of sp³-hybridized carbons (Fsp3) is 0.200. The van der Waals surface area contributed by atoms with Crippen molar-refractivity contribution in [1.82, 2.24) is 10.2 Å². The standard InChI is InChI=1S/C30H26N4O6S2/c1-2-3-16-40-23-14-12-20(13-15-23)26(35)24-25(21-10-7-11-22(17-21)34(38)39)33(28(37)27(24)36)29-31-32-30(42-29)41-18-19-8-5-4-6-9-19/h4-15,17,25,35H,2-3,16,18H2,1H3/b26-24+. The lowest BCUT2D eigenvalue weighted by Gasteiger charge is -2.22. The first kappa shape index (κ1) is 29.0. The van der Waals surface area contributed by atoms with Crippen LogP contribution in [-0.4, -0.2) is 38.5 Å². The fourth-order valence-electron chi connectivity index (χ4n) is 4.43. The van der Waals surface area contributed by atoms with E-state index in [1.54, 1.807) is 30.3 Å². The van der Waals surface area contributed by atoms with Crippen LogP contribution in [0.15, 0.2) is 88.8 Å². The molecule has 1 aliphatic heterocycles. The van der Waals surface area contributed by atoms with Gasteiger partial charge in [0.15, 0.2) is 4.34 Å². The summed E-state index contributed by atoms with van der Waals surface area (Å²) in [5.74, 6) is -1.02. The lowest BCUT2D eigenvalue weighted by atomic mass is 9.95. The number of amides is 1. The number of rotatable bonds is 11. The number of thioether (sulfide) groups is 1. The Morgan fingerprint density at radius 2 is 1.83 bits per heavy atom. The number of benzene rings is 3. The van der Waals surface area contributed by atoms with Crippen LogP contribution in [0, 0.1) is 10.1 Å². The first-order valence-corrected chi connectivity index (χ1v) is 15.0. The molecule has 214 valence electrons. The Bertz CT molecular complexity index is 1640. The van der Waals surface area contributed by atoms with Crippen molar-refractivity contribution in [1.29, 1.82) is 0 Å². The summed E-state index contributed by atoms with van der Waals surface area (Å²) in [6, 6.07) is 20.8. The highest BCUT2D eigenvalue weighted by Gasteiger charge is 2.48. The van der Waals surface area contributed by atoms with Gasteiger partial charge in [-0.25, -0.2) is 0 Å². The van der Waals surface area contributed by atoms with E-state index in [9.17, 15) is 24.8 Å². The van der Waals surface area contributed by atoms with Gasteiger partial charge in [0.25, 0.3) is 11.5 Å². The molecule has 12 heteroatoms. The molecule has 1 aliphatic rings. The molecule has 0 aliphatic carbocycles. The Morgan fingerprint density at radius 3 is 2.55 bits per heavy atom. The molecule has 1 saturated heterocycles. The molecule has 0 radical (unpaired) electrons. The molecule has 3 aromatic carbocycles. The molecular formula is C30H26N4O6S2. The zero-order chi connectivity index (χ0) is 29.6. The van der Waals surface area contributed by atoms with E-state index in [0.29, 0.717) is 28.0 Å². The lowest BCUT2D eigenvalue weighted by Crippen LogP contribution is -2.29. The number of carbonyl (C=O) groups excluding carboxylic acids is 2. The largest absolute Gasteiger partial charge is 0.507 e. The van der Waals surface area contributed by atoms with Gasteiger partial charge in [-0.1, -0.05) is 78.9 Å². The molecule has 1 amide bonds. The first-order chi connectivity index (χ1) is 20.4. The van der Waals surface area contributed by atoms with Gasteiger partial charge >= 0.3 is 5.91 Å². The second-order valence-corrected chi connectivity index (χ2v) is 11.6. The maximum atomic E-state index is 13.5. The van der Waals surface area contributed by atoms with E-state index in [1.165, 1.54) is 30.0 Å². The lowest BCUT2D eigenvalue weighted by molar-refractivity contribution is -0.384. The van der Waals surface area contributed by atoms with Crippen LogP contribution < -0.4 is 9.64 Å². The molecule has 0 saturated carbocycles. The van der Waals surface area contributed by atoms with Crippen LogP contribution in [0.2, 0.25) is 0 Å². The third-order valence-electron chi connectivity index (χ3n) is 6.54. The predicted molar refractivity (Wildman–Crippen MR) is 161 cm³/mol. The van der Waals surface area contributed by atoms with Gasteiger partial charge in [-0.2, -0.15) is 0 Å². The Balaban J connectivity index is 1.53. The summed E-state index contributed by atoms with van der Waals surface area (Å²) in [7, 11) is 0. The molecule has 1 aromatic heterocycles. The van der Waals surface area contributed by atoms with E-state index in [4.69, 9.17) is 4.74 Å². The molecule has 1 unspecified atom stereocenters. The van der Waals surface area contributed by atoms with Crippen molar-refractivity contribution in [3.05, 3.63) is 111 Å². The van der Waals surface area contributed by atoms with Crippen LogP contribution in [0.25, 0.3) is 5.76 Å². The number of aromatic nitrogens is 2. The third kappa shape index (κ3) is 6.19. The quantitative estimate of drug-likeness (QED) is 0.0296.